The van der Waals surface area contributed by atoms with Crippen LogP contribution < -0.4 is 10.3 Å². The third kappa shape index (κ3) is 6.26. The lowest BCUT2D eigenvalue weighted by atomic mass is 10.0. The first-order chi connectivity index (χ1) is 17.8. The smallest absolute Gasteiger partial charge is 0.409 e. The van der Waals surface area contributed by atoms with Crippen molar-refractivity contribution < 1.29 is 22.6 Å². The zero-order chi connectivity index (χ0) is 26.6. The number of aromatic nitrogens is 1. The third-order valence-corrected chi connectivity index (χ3v) is 8.41. The van der Waals surface area contributed by atoms with Gasteiger partial charge in [0, 0.05) is 6.07 Å². The van der Waals surface area contributed by atoms with Crippen molar-refractivity contribution in [2.24, 2.45) is 0 Å². The molecule has 0 N–H and O–H groups in total. The molecule has 9 heteroatoms. The van der Waals surface area contributed by atoms with Crippen molar-refractivity contribution in [3.63, 3.8) is 0 Å². The number of rotatable bonds is 12. The number of aryl methyl sites for hydroxylation is 2. The molecular weight excluding hydrogens is 509 g/mol. The molecule has 1 aliphatic rings. The van der Waals surface area contributed by atoms with Crippen LogP contribution in [-0.4, -0.2) is 17.8 Å². The van der Waals surface area contributed by atoms with Gasteiger partial charge in [0.2, 0.25) is 0 Å². The number of fused-ring (bicyclic) bond motifs is 2. The van der Waals surface area contributed by atoms with Gasteiger partial charge in [0.1, 0.15) is 16.0 Å². The van der Waals surface area contributed by atoms with E-state index in [1.807, 2.05) is 45.9 Å². The summed E-state index contributed by atoms with van der Waals surface area (Å²) in [4.78, 5) is 13.1. The Hall–Kier alpha value is -2.25. The van der Waals surface area contributed by atoms with E-state index < -0.39 is 13.6 Å². The van der Waals surface area contributed by atoms with Gasteiger partial charge in [-0.3, -0.25) is 9.05 Å². The molecule has 7 nitrogen and oxygen atoms in total. The van der Waals surface area contributed by atoms with Crippen LogP contribution in [0, 0.1) is 4.64 Å². The minimum absolute atomic E-state index is 0.00825. The van der Waals surface area contributed by atoms with Gasteiger partial charge in [0.05, 0.1) is 24.3 Å². The quantitative estimate of drug-likeness (QED) is 0.129. The third-order valence-electron chi connectivity index (χ3n) is 6.59. The molecule has 0 saturated carbocycles. The summed E-state index contributed by atoms with van der Waals surface area (Å²) in [5.74, 6) is -0.277. The summed E-state index contributed by atoms with van der Waals surface area (Å²) in [5, 5.41) is 0.611. The number of phosphoric acid groups is 1. The van der Waals surface area contributed by atoms with Crippen molar-refractivity contribution in [3.8, 4) is 11.4 Å². The van der Waals surface area contributed by atoms with Gasteiger partial charge in [-0.25, -0.2) is 13.9 Å². The topological polar surface area (TPSA) is 79.9 Å². The minimum atomic E-state index is -3.89. The van der Waals surface area contributed by atoms with Crippen LogP contribution >= 0.6 is 20.0 Å². The van der Waals surface area contributed by atoms with Gasteiger partial charge in [-0.1, -0.05) is 58.8 Å². The van der Waals surface area contributed by atoms with Gasteiger partial charge in [-0.15, -0.1) is 0 Å². The van der Waals surface area contributed by atoms with Crippen LogP contribution in [0.4, 0.5) is 0 Å². The molecule has 0 bridgehead atoms. The predicted octanol–water partition coefficient (Wildman–Crippen LogP) is 8.05. The highest BCUT2D eigenvalue weighted by atomic mass is 32.1. The van der Waals surface area contributed by atoms with E-state index in [1.54, 1.807) is 6.07 Å². The largest absolute Gasteiger partial charge is 0.530 e. The SMILES string of the molecule is CCCCOP(=O)(OCCCC)Oc1cc2oc(=O)n(-c3ccc4c(c3)CCC4)c(=S)c2cc1C(C)C. The van der Waals surface area contributed by atoms with E-state index in [2.05, 4.69) is 6.07 Å². The molecule has 0 radical (unpaired) electrons. The average Bonchev–Trinajstić information content (AvgIpc) is 3.32. The normalized spacial score (nSPS) is 13.4. The fraction of sp³-hybridized carbons (Fsp3) is 0.500. The summed E-state index contributed by atoms with van der Waals surface area (Å²) in [7, 11) is -3.89. The Morgan fingerprint density at radius 1 is 1.03 bits per heavy atom. The lowest BCUT2D eigenvalue weighted by Crippen LogP contribution is -2.18. The average molecular weight is 546 g/mol. The number of hydrogen-bond acceptors (Lipinski definition) is 7. The second-order valence-electron chi connectivity index (χ2n) is 9.77. The Labute approximate surface area is 223 Å². The maximum absolute atomic E-state index is 13.5. The van der Waals surface area contributed by atoms with Gasteiger partial charge >= 0.3 is 13.6 Å². The predicted molar refractivity (Wildman–Crippen MR) is 149 cm³/mol. The second kappa shape index (κ2) is 12.1. The highest BCUT2D eigenvalue weighted by Crippen LogP contribution is 2.51. The molecule has 0 unspecified atom stereocenters. The molecule has 1 aliphatic carbocycles. The molecule has 0 fully saturated rings. The fourth-order valence-corrected chi connectivity index (χ4v) is 6.10. The maximum atomic E-state index is 13.5. The van der Waals surface area contributed by atoms with Crippen LogP contribution in [0.2, 0.25) is 0 Å². The molecule has 1 aromatic heterocycles. The van der Waals surface area contributed by atoms with E-state index in [0.29, 0.717) is 21.5 Å². The first kappa shape index (κ1) is 27.8. The zero-order valence-corrected chi connectivity index (χ0v) is 23.8. The lowest BCUT2D eigenvalue weighted by Gasteiger charge is -2.21. The van der Waals surface area contributed by atoms with Crippen molar-refractivity contribution in [2.45, 2.75) is 78.6 Å². The summed E-state index contributed by atoms with van der Waals surface area (Å²) in [6, 6.07) is 9.44. The Kier molecular flexibility index (Phi) is 9.07. The highest BCUT2D eigenvalue weighted by molar-refractivity contribution is 7.71. The molecule has 1 heterocycles. The zero-order valence-electron chi connectivity index (χ0n) is 22.1. The van der Waals surface area contributed by atoms with Gasteiger partial charge in [-0.2, -0.15) is 0 Å². The summed E-state index contributed by atoms with van der Waals surface area (Å²) in [6.07, 6.45) is 6.41. The van der Waals surface area contributed by atoms with Crippen molar-refractivity contribution in [2.75, 3.05) is 13.2 Å². The molecule has 200 valence electrons. The monoisotopic (exact) mass is 545 g/mol. The first-order valence-corrected chi connectivity index (χ1v) is 15.1. The van der Waals surface area contributed by atoms with Crippen LogP contribution in [0.25, 0.3) is 16.7 Å². The second-order valence-corrected chi connectivity index (χ2v) is 11.7. The van der Waals surface area contributed by atoms with Crippen molar-refractivity contribution >= 4 is 31.0 Å². The van der Waals surface area contributed by atoms with Gasteiger partial charge in [0.15, 0.2) is 0 Å². The molecule has 0 amide bonds. The van der Waals surface area contributed by atoms with Crippen molar-refractivity contribution in [1.29, 1.82) is 0 Å². The van der Waals surface area contributed by atoms with E-state index in [9.17, 15) is 9.36 Å². The van der Waals surface area contributed by atoms with Crippen LogP contribution in [0.3, 0.4) is 0 Å². The van der Waals surface area contributed by atoms with E-state index in [4.69, 9.17) is 30.2 Å². The molecule has 4 rings (SSSR count). The molecule has 2 aromatic carbocycles. The van der Waals surface area contributed by atoms with Crippen LogP contribution in [-0.2, 0) is 26.5 Å². The number of phosphoric ester groups is 1. The van der Waals surface area contributed by atoms with Gasteiger partial charge in [-0.05, 0) is 72.9 Å². The molecule has 0 aliphatic heterocycles. The van der Waals surface area contributed by atoms with Gasteiger partial charge < -0.3 is 8.94 Å². The van der Waals surface area contributed by atoms with E-state index in [-0.39, 0.29) is 24.7 Å². The highest BCUT2D eigenvalue weighted by Gasteiger charge is 2.30. The molecule has 0 atom stereocenters. The van der Waals surface area contributed by atoms with Crippen LogP contribution in [0.1, 0.15) is 82.4 Å². The minimum Gasteiger partial charge on any atom is -0.409 e. The summed E-state index contributed by atoms with van der Waals surface area (Å²) >= 11 is 5.79. The van der Waals surface area contributed by atoms with E-state index in [0.717, 1.165) is 50.5 Å². The summed E-state index contributed by atoms with van der Waals surface area (Å²) < 4.78 is 38.2. The maximum Gasteiger partial charge on any atom is 0.530 e. The number of unbranched alkanes of at least 4 members (excludes halogenated alkanes) is 2. The van der Waals surface area contributed by atoms with Crippen molar-refractivity contribution in [1.82, 2.24) is 4.57 Å². The Morgan fingerprint density at radius 3 is 2.35 bits per heavy atom. The van der Waals surface area contributed by atoms with Gasteiger partial charge in [0.25, 0.3) is 0 Å². The van der Waals surface area contributed by atoms with Crippen LogP contribution in [0.15, 0.2) is 39.5 Å². The Balaban J connectivity index is 1.78. The molecule has 0 spiro atoms. The fourth-order valence-electron chi connectivity index (χ4n) is 4.47. The summed E-state index contributed by atoms with van der Waals surface area (Å²) in [6.45, 7) is 8.58. The summed E-state index contributed by atoms with van der Waals surface area (Å²) in [5.41, 5.74) is 4.29. The first-order valence-electron chi connectivity index (χ1n) is 13.2. The number of hydrogen-bond donors (Lipinski definition) is 0. The lowest BCUT2D eigenvalue weighted by molar-refractivity contribution is 0.152. The molecule has 3 aromatic rings. The van der Waals surface area contributed by atoms with Crippen LogP contribution in [0.5, 0.6) is 5.75 Å². The Bertz CT molecular complexity index is 1410. The number of benzene rings is 2. The van der Waals surface area contributed by atoms with Crippen molar-refractivity contribution in [3.05, 3.63) is 62.2 Å². The molecule has 37 heavy (non-hydrogen) atoms. The Morgan fingerprint density at radius 2 is 1.70 bits per heavy atom. The van der Waals surface area contributed by atoms with E-state index >= 15 is 0 Å². The molecule has 0 saturated heterocycles. The molecular formula is C28H36NO6PS. The number of nitrogens with zero attached hydrogens (tertiary/aromatic N) is 1. The van der Waals surface area contributed by atoms with E-state index in [1.165, 1.54) is 15.7 Å². The standard InChI is InChI=1S/C28H36NO6PS/c1-5-7-14-32-36(31,33-15-8-6-2)35-26-18-25-24(17-23(26)19(3)4)27(37)29(28(30)34-25)22-13-12-20-10-9-11-21(20)16-22/h12-13,16-19H,5-11,14-15H2,1-4H3.